The van der Waals surface area contributed by atoms with E-state index in [0.29, 0.717) is 12.0 Å². The number of aliphatic imine (C=N–C) groups is 1. The predicted molar refractivity (Wildman–Crippen MR) is 67.6 cm³/mol. The maximum Gasteiger partial charge on any atom is 0.244 e. The topological polar surface area (TPSA) is 14.1 Å². The van der Waals surface area contributed by atoms with Gasteiger partial charge in [0.05, 0.1) is 0 Å². The van der Waals surface area contributed by atoms with Gasteiger partial charge in [0.15, 0.2) is 0 Å². The largest absolute Gasteiger partial charge is 0.244 e. The molecule has 1 aromatic rings. The average Bonchev–Trinajstić information content (AvgIpc) is 2.32. The smallest absolute Gasteiger partial charge is 0.0743 e. The second kappa shape index (κ2) is 4.09. The summed E-state index contributed by atoms with van der Waals surface area (Å²) in [5, 5.41) is 0. The number of aryl methyl sites for hydroxylation is 1. The van der Waals surface area contributed by atoms with Crippen LogP contribution in [0.3, 0.4) is 0 Å². The van der Waals surface area contributed by atoms with E-state index in [0.717, 1.165) is 6.42 Å². The van der Waals surface area contributed by atoms with Crippen molar-refractivity contribution in [2.24, 2.45) is 5.92 Å². The molecule has 0 N–H and O–H groups in total. The number of hydrogen-bond acceptors (Lipinski definition) is 1. The molecule has 0 saturated heterocycles. The van der Waals surface area contributed by atoms with Gasteiger partial charge in [0, 0.05) is 16.5 Å². The van der Waals surface area contributed by atoms with Gasteiger partial charge in [-0.05, 0) is 30.5 Å². The van der Waals surface area contributed by atoms with Gasteiger partial charge in [-0.15, -0.1) is 0 Å². The van der Waals surface area contributed by atoms with Crippen LogP contribution in [0, 0.1) is 5.92 Å². The van der Waals surface area contributed by atoms with E-state index in [1.54, 1.807) is 0 Å². The summed E-state index contributed by atoms with van der Waals surface area (Å²) in [4.78, 5) is 4.68. The van der Waals surface area contributed by atoms with E-state index in [1.165, 1.54) is 17.5 Å². The van der Waals surface area contributed by atoms with Crippen molar-refractivity contribution in [1.82, 2.24) is 4.99 Å². The fourth-order valence-corrected chi connectivity index (χ4v) is 2.44. The number of fused-ring (bicyclic) bond motifs is 2. The molecule has 79 valence electrons. The van der Waals surface area contributed by atoms with E-state index in [-0.39, 0.29) is 0 Å². The summed E-state index contributed by atoms with van der Waals surface area (Å²) in [6.45, 7) is 0. The molecule has 1 aliphatic heterocycles. The summed E-state index contributed by atoms with van der Waals surface area (Å²) >= 11 is 0. The Hall–Kier alpha value is -1.63. The van der Waals surface area contributed by atoms with Gasteiger partial charge in [0.25, 0.3) is 0 Å². The molecule has 3 rings (SSSR count). The minimum absolute atomic E-state index is 0.346. The van der Waals surface area contributed by atoms with Gasteiger partial charge in [-0.1, -0.05) is 36.4 Å². The normalized spacial score (nSPS) is 28.8. The Morgan fingerprint density at radius 1 is 1.06 bits per heavy atom. The minimum atomic E-state index is 0.346. The summed E-state index contributed by atoms with van der Waals surface area (Å²) in [5.74, 6) is 0.578. The molecule has 2 aliphatic rings. The first-order chi connectivity index (χ1) is 7.93. The summed E-state index contributed by atoms with van der Waals surface area (Å²) in [7, 11) is 0. The molecule has 0 aromatic heterocycles. The zero-order chi connectivity index (χ0) is 10.8. The Morgan fingerprint density at radius 3 is 2.94 bits per heavy atom. The van der Waals surface area contributed by atoms with Crippen LogP contribution in [0.2, 0.25) is 0 Å². The summed E-state index contributed by atoms with van der Waals surface area (Å²) in [6, 6.07) is 8.91. The van der Waals surface area contributed by atoms with E-state index >= 15 is 0 Å². The Labute approximate surface area is 96.2 Å². The van der Waals surface area contributed by atoms with E-state index in [2.05, 4.69) is 53.6 Å². The molecule has 1 aromatic carbocycles. The van der Waals surface area contributed by atoms with Crippen molar-refractivity contribution in [2.45, 2.75) is 18.9 Å². The molecule has 1 radical (unpaired) electrons. The standard InChI is InChI=1S/C15H15N/c1-2-7-14-11-16-15-8-4-3-6-13(15)10-9-12(14)5-1/h1-8,11,13,15H,9-10H2/q+1. The summed E-state index contributed by atoms with van der Waals surface area (Å²) in [6.07, 6.45) is 13.1. The lowest BCUT2D eigenvalue weighted by atomic mass is 9.87. The number of benzene rings is 1. The molecule has 1 aliphatic carbocycles. The van der Waals surface area contributed by atoms with Crippen LogP contribution < -0.4 is 4.99 Å². The van der Waals surface area contributed by atoms with Crippen molar-refractivity contribution in [3.05, 3.63) is 59.7 Å². The Morgan fingerprint density at radius 2 is 1.94 bits per heavy atom. The molecule has 0 spiro atoms. The molecule has 0 fully saturated rings. The van der Waals surface area contributed by atoms with Gasteiger partial charge >= 0.3 is 0 Å². The molecule has 0 saturated carbocycles. The van der Waals surface area contributed by atoms with Crippen LogP contribution in [0.1, 0.15) is 17.5 Å². The molecular weight excluding hydrogens is 194 g/mol. The molecule has 2 atom stereocenters. The zero-order valence-electron chi connectivity index (χ0n) is 9.21. The second-order valence-corrected chi connectivity index (χ2v) is 4.44. The highest BCUT2D eigenvalue weighted by atomic mass is 14.8. The van der Waals surface area contributed by atoms with Crippen LogP contribution in [0.5, 0.6) is 0 Å². The van der Waals surface area contributed by atoms with Crippen molar-refractivity contribution >= 4 is 6.21 Å². The lowest BCUT2D eigenvalue weighted by molar-refractivity contribution is 0.503. The van der Waals surface area contributed by atoms with E-state index in [4.69, 9.17) is 0 Å². The monoisotopic (exact) mass is 209 g/mol. The molecular formula is C15H15N+. The van der Waals surface area contributed by atoms with Crippen LogP contribution in [0.25, 0.3) is 0 Å². The summed E-state index contributed by atoms with van der Waals surface area (Å²) in [5.41, 5.74) is 2.71. The fourth-order valence-electron chi connectivity index (χ4n) is 2.44. The quantitative estimate of drug-likeness (QED) is 0.623. The fraction of sp³-hybridized carbons (Fsp3) is 0.267. The van der Waals surface area contributed by atoms with Crippen molar-refractivity contribution in [3.8, 4) is 0 Å². The first kappa shape index (κ1) is 9.59. The van der Waals surface area contributed by atoms with Gasteiger partial charge in [-0.3, -0.25) is 0 Å². The molecule has 1 nitrogen and oxygen atoms in total. The average molecular weight is 209 g/mol. The van der Waals surface area contributed by atoms with Crippen LogP contribution in [-0.2, 0) is 6.42 Å². The van der Waals surface area contributed by atoms with E-state index in [1.807, 2.05) is 6.21 Å². The van der Waals surface area contributed by atoms with Crippen LogP contribution in [0.4, 0.5) is 0 Å². The first-order valence-corrected chi connectivity index (χ1v) is 5.89. The molecule has 16 heavy (non-hydrogen) atoms. The van der Waals surface area contributed by atoms with Gasteiger partial charge in [0.1, 0.15) is 0 Å². The highest BCUT2D eigenvalue weighted by Gasteiger charge is 2.27. The van der Waals surface area contributed by atoms with Gasteiger partial charge in [-0.2, -0.15) is 0 Å². The third kappa shape index (κ3) is 1.73. The van der Waals surface area contributed by atoms with Gasteiger partial charge < -0.3 is 0 Å². The van der Waals surface area contributed by atoms with Crippen molar-refractivity contribution < 1.29 is 0 Å². The maximum atomic E-state index is 4.68. The third-order valence-corrected chi connectivity index (χ3v) is 3.40. The first-order valence-electron chi connectivity index (χ1n) is 5.89. The second-order valence-electron chi connectivity index (χ2n) is 4.44. The lowest BCUT2D eigenvalue weighted by Crippen LogP contribution is -2.26. The SMILES string of the molecule is C1=CC2CCc3ccccc3/C=[N+]\C2C=C1. The van der Waals surface area contributed by atoms with Crippen LogP contribution in [0.15, 0.2) is 48.6 Å². The zero-order valence-corrected chi connectivity index (χ0v) is 9.21. The predicted octanol–water partition coefficient (Wildman–Crippen LogP) is 2.50. The van der Waals surface area contributed by atoms with Crippen LogP contribution in [-0.4, -0.2) is 12.3 Å². The number of hydrogen-bond donors (Lipinski definition) is 0. The summed E-state index contributed by atoms with van der Waals surface area (Å²) < 4.78 is 0. The lowest BCUT2D eigenvalue weighted by Gasteiger charge is -2.16. The molecule has 0 amide bonds. The Kier molecular flexibility index (Phi) is 2.45. The van der Waals surface area contributed by atoms with Crippen LogP contribution >= 0.6 is 0 Å². The number of allylic oxidation sites excluding steroid dienone is 2. The Balaban J connectivity index is 1.97. The van der Waals surface area contributed by atoms with Crippen molar-refractivity contribution in [3.63, 3.8) is 0 Å². The molecule has 1 heterocycles. The van der Waals surface area contributed by atoms with Gasteiger partial charge in [-0.25, -0.2) is 0 Å². The highest BCUT2D eigenvalue weighted by molar-refractivity contribution is 5.81. The Bertz CT molecular complexity index is 468. The van der Waals surface area contributed by atoms with E-state index < -0.39 is 0 Å². The maximum absolute atomic E-state index is 4.68. The van der Waals surface area contributed by atoms with Crippen molar-refractivity contribution in [1.29, 1.82) is 0 Å². The number of nitrogens with zero attached hydrogens (tertiary/aromatic N) is 1. The third-order valence-electron chi connectivity index (χ3n) is 3.40. The van der Waals surface area contributed by atoms with Crippen molar-refractivity contribution in [2.75, 3.05) is 0 Å². The highest BCUT2D eigenvalue weighted by Crippen LogP contribution is 2.22. The molecule has 2 unspecified atom stereocenters. The van der Waals surface area contributed by atoms with E-state index in [9.17, 15) is 0 Å². The number of rotatable bonds is 0. The molecule has 1 heteroatoms. The molecule has 0 bridgehead atoms. The minimum Gasteiger partial charge on any atom is -0.0743 e. The van der Waals surface area contributed by atoms with Gasteiger partial charge in [0.2, 0.25) is 12.3 Å².